The maximum absolute atomic E-state index is 13.1. The Morgan fingerprint density at radius 2 is 0.426 bits per heavy atom. The molecule has 0 fully saturated rings. The van der Waals surface area contributed by atoms with Gasteiger partial charge in [-0.05, 0) is 25.7 Å². The average Bonchev–Trinajstić information content (AvgIpc) is 1.47. The lowest BCUT2D eigenvalue weighted by molar-refractivity contribution is -0.161. The molecule has 0 aliphatic heterocycles. The quantitative estimate of drug-likeness (QED) is 0.0222. The van der Waals surface area contributed by atoms with Gasteiger partial charge >= 0.3 is 39.5 Å². The fourth-order valence-electron chi connectivity index (χ4n) is 11.6. The van der Waals surface area contributed by atoms with Gasteiger partial charge < -0.3 is 33.8 Å². The zero-order chi connectivity index (χ0) is 69.0. The van der Waals surface area contributed by atoms with E-state index in [4.69, 9.17) is 37.0 Å². The molecule has 94 heavy (non-hydrogen) atoms. The summed E-state index contributed by atoms with van der Waals surface area (Å²) >= 11 is 0. The maximum Gasteiger partial charge on any atom is 0.472 e. The van der Waals surface area contributed by atoms with Crippen LogP contribution in [0.3, 0.4) is 0 Å². The highest BCUT2D eigenvalue weighted by Crippen LogP contribution is 2.45. The summed E-state index contributed by atoms with van der Waals surface area (Å²) in [5.74, 6) is -2.13. The van der Waals surface area contributed by atoms with Crippen LogP contribution >= 0.6 is 15.6 Å². The number of ether oxygens (including phenoxy) is 4. The molecule has 0 saturated carbocycles. The first-order valence-electron chi connectivity index (χ1n) is 39.3. The lowest BCUT2D eigenvalue weighted by Gasteiger charge is -2.21. The summed E-state index contributed by atoms with van der Waals surface area (Å²) in [6.07, 6.45) is 60.4. The molecule has 0 amide bonds. The first-order chi connectivity index (χ1) is 45.7. The summed E-state index contributed by atoms with van der Waals surface area (Å²) in [5, 5.41) is 10.6. The number of rotatable bonds is 76. The highest BCUT2D eigenvalue weighted by molar-refractivity contribution is 7.47. The Labute approximate surface area is 575 Å². The molecule has 19 heteroatoms. The zero-order valence-corrected chi connectivity index (χ0v) is 62.7. The lowest BCUT2D eigenvalue weighted by atomic mass is 10.0. The van der Waals surface area contributed by atoms with E-state index in [1.807, 2.05) is 0 Å². The second kappa shape index (κ2) is 69.5. The molecular weight excluding hydrogens is 1230 g/mol. The van der Waals surface area contributed by atoms with Gasteiger partial charge in [0.2, 0.25) is 0 Å². The van der Waals surface area contributed by atoms with Crippen LogP contribution in [-0.4, -0.2) is 96.7 Å². The molecule has 5 atom stereocenters. The van der Waals surface area contributed by atoms with Gasteiger partial charge in [-0.15, -0.1) is 0 Å². The first kappa shape index (κ1) is 92.1. The van der Waals surface area contributed by atoms with Gasteiger partial charge in [-0.25, -0.2) is 9.13 Å². The molecule has 0 aromatic rings. The van der Waals surface area contributed by atoms with Gasteiger partial charge in [-0.3, -0.25) is 37.3 Å². The van der Waals surface area contributed by atoms with Crippen LogP contribution < -0.4 is 0 Å². The van der Waals surface area contributed by atoms with Crippen LogP contribution in [0.15, 0.2) is 0 Å². The van der Waals surface area contributed by atoms with Crippen LogP contribution in [0.25, 0.3) is 0 Å². The fourth-order valence-corrected chi connectivity index (χ4v) is 13.2. The van der Waals surface area contributed by atoms with Gasteiger partial charge in [0.25, 0.3) is 0 Å². The number of esters is 4. The van der Waals surface area contributed by atoms with Crippen molar-refractivity contribution in [3.05, 3.63) is 0 Å². The number of phosphoric ester groups is 2. The molecule has 0 aromatic heterocycles. The van der Waals surface area contributed by atoms with E-state index >= 15 is 0 Å². The van der Waals surface area contributed by atoms with Crippen molar-refractivity contribution >= 4 is 39.5 Å². The van der Waals surface area contributed by atoms with Crippen LogP contribution in [0.5, 0.6) is 0 Å². The largest absolute Gasteiger partial charge is 0.472 e. The van der Waals surface area contributed by atoms with Gasteiger partial charge in [0.15, 0.2) is 12.2 Å². The van der Waals surface area contributed by atoms with Gasteiger partial charge in [0.1, 0.15) is 19.3 Å². The molecule has 0 rings (SSSR count). The van der Waals surface area contributed by atoms with Crippen molar-refractivity contribution in [3.63, 3.8) is 0 Å². The number of carbonyl (C=O) groups is 4. The Morgan fingerprint density at radius 1 is 0.255 bits per heavy atom. The van der Waals surface area contributed by atoms with Crippen LogP contribution in [0, 0.1) is 0 Å². The number of unbranched alkanes of at least 4 members (excludes halogenated alkanes) is 50. The topological polar surface area (TPSA) is 237 Å². The van der Waals surface area contributed by atoms with Crippen molar-refractivity contribution in [1.82, 2.24) is 0 Å². The van der Waals surface area contributed by atoms with Crippen LogP contribution in [0.2, 0.25) is 0 Å². The molecule has 2 unspecified atom stereocenters. The molecule has 558 valence electrons. The summed E-state index contributed by atoms with van der Waals surface area (Å²) in [6, 6.07) is 0. The molecule has 0 aromatic carbocycles. The van der Waals surface area contributed by atoms with E-state index in [9.17, 15) is 43.2 Å². The average molecular weight is 1380 g/mol. The minimum absolute atomic E-state index is 0.105. The van der Waals surface area contributed by atoms with E-state index in [0.29, 0.717) is 25.7 Å². The SMILES string of the molecule is CCCCCCCCCCCCCCCCCCCCCCC(=O)OC[C@H](COP(=O)(O)OC[C@@H](O)COP(=O)(O)OC[C@@H](COC(=O)CCCCCCC)OC(=O)CCCCCCCCCCC)OC(=O)CCCCCCCCCCCCCCCCCCCCCC. The molecule has 0 heterocycles. The molecule has 0 radical (unpaired) electrons. The van der Waals surface area contributed by atoms with Gasteiger partial charge in [-0.2, -0.15) is 0 Å². The minimum atomic E-state index is -4.95. The molecule has 0 aliphatic rings. The van der Waals surface area contributed by atoms with E-state index in [0.717, 1.165) is 96.3 Å². The Bertz CT molecular complexity index is 1790. The summed E-state index contributed by atoms with van der Waals surface area (Å²) in [7, 11) is -9.89. The monoisotopic (exact) mass is 1380 g/mol. The van der Waals surface area contributed by atoms with Crippen LogP contribution in [0.1, 0.15) is 400 Å². The number of aliphatic hydroxyl groups excluding tert-OH is 1. The first-order valence-corrected chi connectivity index (χ1v) is 42.3. The van der Waals surface area contributed by atoms with Gasteiger partial charge in [0, 0.05) is 25.7 Å². The summed E-state index contributed by atoms with van der Waals surface area (Å²) in [6.45, 7) is 4.86. The molecule has 0 saturated heterocycles. The van der Waals surface area contributed by atoms with E-state index in [1.54, 1.807) is 0 Å². The highest BCUT2D eigenvalue weighted by Gasteiger charge is 2.30. The zero-order valence-electron chi connectivity index (χ0n) is 60.9. The Hall–Kier alpha value is -1.94. The maximum atomic E-state index is 13.1. The van der Waals surface area contributed by atoms with Crippen molar-refractivity contribution in [2.45, 2.75) is 418 Å². The summed E-state index contributed by atoms with van der Waals surface area (Å²) < 4.78 is 68.2. The number of aliphatic hydroxyl groups is 1. The third-order valence-electron chi connectivity index (χ3n) is 17.6. The van der Waals surface area contributed by atoms with Crippen LogP contribution in [-0.2, 0) is 65.4 Å². The summed E-state index contributed by atoms with van der Waals surface area (Å²) in [4.78, 5) is 72.4. The second-order valence-corrected chi connectivity index (χ2v) is 29.9. The van der Waals surface area contributed by atoms with Crippen molar-refractivity contribution in [2.24, 2.45) is 0 Å². The number of phosphoric acid groups is 2. The second-order valence-electron chi connectivity index (χ2n) is 27.0. The van der Waals surface area contributed by atoms with E-state index in [1.165, 1.54) is 225 Å². The van der Waals surface area contributed by atoms with Gasteiger partial charge in [-0.1, -0.05) is 349 Å². The third kappa shape index (κ3) is 68.6. The third-order valence-corrected chi connectivity index (χ3v) is 19.5. The number of hydrogen-bond donors (Lipinski definition) is 3. The van der Waals surface area contributed by atoms with Crippen molar-refractivity contribution in [2.75, 3.05) is 39.6 Å². The predicted molar refractivity (Wildman–Crippen MR) is 382 cm³/mol. The van der Waals surface area contributed by atoms with Gasteiger partial charge in [0.05, 0.1) is 26.4 Å². The smallest absolute Gasteiger partial charge is 0.462 e. The van der Waals surface area contributed by atoms with Crippen molar-refractivity contribution in [1.29, 1.82) is 0 Å². The normalized spacial score (nSPS) is 13.9. The Balaban J connectivity index is 5.09. The van der Waals surface area contributed by atoms with Crippen molar-refractivity contribution in [3.8, 4) is 0 Å². The summed E-state index contributed by atoms with van der Waals surface area (Å²) in [5.41, 5.74) is 0. The van der Waals surface area contributed by atoms with E-state index in [2.05, 4.69) is 27.7 Å². The highest BCUT2D eigenvalue weighted by atomic mass is 31.2. The molecule has 0 aliphatic carbocycles. The number of hydrogen-bond acceptors (Lipinski definition) is 15. The van der Waals surface area contributed by atoms with Crippen LogP contribution in [0.4, 0.5) is 0 Å². The number of carbonyl (C=O) groups excluding carboxylic acids is 4. The molecular formula is C75H146O17P2. The lowest BCUT2D eigenvalue weighted by Crippen LogP contribution is -2.30. The Morgan fingerprint density at radius 3 is 0.628 bits per heavy atom. The Kier molecular flexibility index (Phi) is 68.1. The molecule has 0 bridgehead atoms. The minimum Gasteiger partial charge on any atom is -0.462 e. The van der Waals surface area contributed by atoms with E-state index < -0.39 is 97.5 Å². The molecule has 3 N–H and O–H groups in total. The van der Waals surface area contributed by atoms with Crippen molar-refractivity contribution < 1.29 is 80.2 Å². The fraction of sp³-hybridized carbons (Fsp3) is 0.947. The van der Waals surface area contributed by atoms with E-state index in [-0.39, 0.29) is 25.7 Å². The standard InChI is InChI=1S/C75H146O17P2/c1-5-9-13-17-20-23-25-27-29-31-33-35-37-39-41-43-46-48-52-56-60-73(78)86-66-71(92-75(80)62-58-54-50-47-44-42-40-38-36-34-32-30-28-26-24-21-18-14-10-6-2)68-90-94(83,84)88-64-69(76)63-87-93(81,82)89-67-70(65-85-72(77)59-55-51-16-12-8-4)91-74(79)61-57-53-49-45-22-19-15-11-7-3/h69-71,76H,5-68H2,1-4H3,(H,81,82)(H,83,84)/t69-,70+,71+/m0/s1. The molecule has 17 nitrogen and oxygen atoms in total. The molecule has 0 spiro atoms. The predicted octanol–water partition coefficient (Wildman–Crippen LogP) is 22.2.